The molecule has 1 N–H and O–H groups in total. The third-order valence-electron chi connectivity index (χ3n) is 3.89. The lowest BCUT2D eigenvalue weighted by atomic mass is 10.1. The van der Waals surface area contributed by atoms with E-state index in [1.165, 1.54) is 26.4 Å². The second-order valence-electron chi connectivity index (χ2n) is 5.69. The van der Waals surface area contributed by atoms with Crippen molar-refractivity contribution in [3.05, 3.63) is 50.2 Å². The molecule has 140 valence electrons. The summed E-state index contributed by atoms with van der Waals surface area (Å²) in [7, 11) is 6.61. The molecule has 0 aliphatic heterocycles. The highest BCUT2D eigenvalue weighted by Gasteiger charge is 2.25. The summed E-state index contributed by atoms with van der Waals surface area (Å²) < 4.78 is 10.2. The van der Waals surface area contributed by atoms with Crippen molar-refractivity contribution in [1.29, 1.82) is 0 Å². The number of amides is 1. The van der Waals surface area contributed by atoms with Crippen molar-refractivity contribution in [2.45, 2.75) is 6.04 Å². The summed E-state index contributed by atoms with van der Waals surface area (Å²) in [6, 6.07) is 6.41. The molecular formula is C17H21N3O5S. The van der Waals surface area contributed by atoms with E-state index in [0.29, 0.717) is 6.54 Å². The molecule has 0 unspecified atom stereocenters. The number of nitrogens with one attached hydrogen (secondary N) is 1. The molecule has 2 aromatic rings. The zero-order valence-corrected chi connectivity index (χ0v) is 15.8. The van der Waals surface area contributed by atoms with E-state index in [9.17, 15) is 14.9 Å². The van der Waals surface area contributed by atoms with Crippen LogP contribution in [0.5, 0.6) is 11.5 Å². The molecule has 2 rings (SSSR count). The number of nitro groups is 1. The molecule has 0 fully saturated rings. The first-order valence-corrected chi connectivity index (χ1v) is 8.65. The van der Waals surface area contributed by atoms with Crippen molar-refractivity contribution in [2.75, 3.05) is 34.9 Å². The van der Waals surface area contributed by atoms with Gasteiger partial charge in [0.2, 0.25) is 0 Å². The van der Waals surface area contributed by atoms with Gasteiger partial charge in [-0.2, -0.15) is 0 Å². The summed E-state index contributed by atoms with van der Waals surface area (Å²) in [5.41, 5.74) is -0.408. The van der Waals surface area contributed by atoms with Crippen LogP contribution in [-0.2, 0) is 0 Å². The summed E-state index contributed by atoms with van der Waals surface area (Å²) in [5, 5.41) is 16.1. The Bertz CT molecular complexity index is 777. The SMILES string of the molecule is COc1cc(C(=O)NC[C@@H](c2cccs2)N(C)C)c([N+](=O)[O-])cc1OC. The molecule has 1 heterocycles. The fraction of sp³-hybridized carbons (Fsp3) is 0.353. The highest BCUT2D eigenvalue weighted by Crippen LogP contribution is 2.34. The predicted molar refractivity (Wildman–Crippen MR) is 99.3 cm³/mol. The van der Waals surface area contributed by atoms with Crippen molar-refractivity contribution < 1.29 is 19.2 Å². The van der Waals surface area contributed by atoms with Crippen molar-refractivity contribution in [2.24, 2.45) is 0 Å². The van der Waals surface area contributed by atoms with Crippen molar-refractivity contribution >= 4 is 22.9 Å². The molecule has 0 aliphatic carbocycles. The van der Waals surface area contributed by atoms with Gasteiger partial charge in [0, 0.05) is 17.5 Å². The Morgan fingerprint density at radius 1 is 1.31 bits per heavy atom. The number of carbonyl (C=O) groups excluding carboxylic acids is 1. The number of methoxy groups -OCH3 is 2. The molecule has 8 nitrogen and oxygen atoms in total. The van der Waals surface area contributed by atoms with E-state index >= 15 is 0 Å². The third-order valence-corrected chi connectivity index (χ3v) is 4.87. The minimum atomic E-state index is -0.612. The van der Waals surface area contributed by atoms with Gasteiger partial charge in [-0.1, -0.05) is 6.07 Å². The smallest absolute Gasteiger partial charge is 0.286 e. The number of benzene rings is 1. The van der Waals surface area contributed by atoms with Gasteiger partial charge in [0.1, 0.15) is 5.56 Å². The van der Waals surface area contributed by atoms with Crippen LogP contribution < -0.4 is 14.8 Å². The molecule has 1 atom stereocenters. The monoisotopic (exact) mass is 379 g/mol. The van der Waals surface area contributed by atoms with Gasteiger partial charge in [-0.05, 0) is 25.5 Å². The Kier molecular flexibility index (Phi) is 6.53. The molecule has 1 aromatic heterocycles. The van der Waals surface area contributed by atoms with Gasteiger partial charge < -0.3 is 19.7 Å². The Labute approximate surface area is 155 Å². The van der Waals surface area contributed by atoms with Crippen LogP contribution in [0.2, 0.25) is 0 Å². The van der Waals surface area contributed by atoms with E-state index < -0.39 is 10.8 Å². The van der Waals surface area contributed by atoms with Crippen LogP contribution in [-0.4, -0.2) is 50.6 Å². The minimum absolute atomic E-state index is 0.0295. The van der Waals surface area contributed by atoms with E-state index in [1.54, 1.807) is 11.3 Å². The van der Waals surface area contributed by atoms with Gasteiger partial charge in [-0.25, -0.2) is 0 Å². The molecule has 0 bridgehead atoms. The molecular weight excluding hydrogens is 358 g/mol. The molecule has 1 aromatic carbocycles. The number of likely N-dealkylation sites (N-methyl/N-ethyl adjacent to an activating group) is 1. The summed E-state index contributed by atoms with van der Waals surface area (Å²) in [6.45, 7) is 0.317. The molecule has 0 radical (unpaired) electrons. The van der Waals surface area contributed by atoms with Crippen LogP contribution in [0.1, 0.15) is 21.3 Å². The van der Waals surface area contributed by atoms with Crippen molar-refractivity contribution in [1.82, 2.24) is 10.2 Å². The fourth-order valence-corrected chi connectivity index (χ4v) is 3.43. The Morgan fingerprint density at radius 2 is 1.96 bits per heavy atom. The van der Waals surface area contributed by atoms with E-state index in [0.717, 1.165) is 4.88 Å². The molecule has 9 heteroatoms. The van der Waals surface area contributed by atoms with Gasteiger partial charge in [0.25, 0.3) is 11.6 Å². The third kappa shape index (κ3) is 4.30. The first kappa shape index (κ1) is 19.7. The van der Waals surface area contributed by atoms with Gasteiger partial charge in [0.05, 0.1) is 31.3 Å². The maximum atomic E-state index is 12.6. The van der Waals surface area contributed by atoms with Crippen molar-refractivity contribution in [3.8, 4) is 11.5 Å². The van der Waals surface area contributed by atoms with Crippen LogP contribution in [0.25, 0.3) is 0 Å². The number of hydrogen-bond donors (Lipinski definition) is 1. The zero-order valence-electron chi connectivity index (χ0n) is 15.0. The largest absolute Gasteiger partial charge is 0.493 e. The molecule has 0 saturated heterocycles. The maximum absolute atomic E-state index is 12.6. The summed E-state index contributed by atoms with van der Waals surface area (Å²) in [4.78, 5) is 26.4. The van der Waals surface area contributed by atoms with Crippen LogP contribution in [0.4, 0.5) is 5.69 Å². The van der Waals surface area contributed by atoms with E-state index in [-0.39, 0.29) is 28.8 Å². The predicted octanol–water partition coefficient (Wildman–Crippen LogP) is 2.71. The highest BCUT2D eigenvalue weighted by molar-refractivity contribution is 7.10. The minimum Gasteiger partial charge on any atom is -0.493 e. The van der Waals surface area contributed by atoms with E-state index in [2.05, 4.69) is 5.32 Å². The van der Waals surface area contributed by atoms with E-state index in [4.69, 9.17) is 9.47 Å². The standard InChI is InChI=1S/C17H21N3O5S/c1-19(2)13(16-6-5-7-26-16)10-18-17(21)11-8-14(24-3)15(25-4)9-12(11)20(22)23/h5-9,13H,10H2,1-4H3,(H,18,21)/t13-/m0/s1. The summed E-state index contributed by atoms with van der Waals surface area (Å²) >= 11 is 1.59. The molecule has 1 amide bonds. The summed E-state index contributed by atoms with van der Waals surface area (Å²) in [6.07, 6.45) is 0. The number of carbonyl (C=O) groups is 1. The molecule has 26 heavy (non-hydrogen) atoms. The average molecular weight is 379 g/mol. The first-order valence-electron chi connectivity index (χ1n) is 7.77. The number of rotatable bonds is 8. The Balaban J connectivity index is 2.26. The zero-order chi connectivity index (χ0) is 19.3. The topological polar surface area (TPSA) is 93.9 Å². The molecule has 0 spiro atoms. The number of hydrogen-bond acceptors (Lipinski definition) is 7. The van der Waals surface area contributed by atoms with Gasteiger partial charge >= 0.3 is 0 Å². The van der Waals surface area contributed by atoms with Gasteiger partial charge in [-0.15, -0.1) is 11.3 Å². The lowest BCUT2D eigenvalue weighted by Gasteiger charge is -2.23. The Morgan fingerprint density at radius 3 is 2.46 bits per heavy atom. The second-order valence-corrected chi connectivity index (χ2v) is 6.67. The van der Waals surface area contributed by atoms with Crippen LogP contribution in [0.3, 0.4) is 0 Å². The molecule has 0 aliphatic rings. The number of thiophene rings is 1. The van der Waals surface area contributed by atoms with E-state index in [1.807, 2.05) is 36.5 Å². The molecule has 0 saturated carbocycles. The second kappa shape index (κ2) is 8.63. The fourth-order valence-electron chi connectivity index (χ4n) is 2.50. The maximum Gasteiger partial charge on any atom is 0.286 e. The number of nitrogens with zero attached hydrogens (tertiary/aromatic N) is 2. The highest BCUT2D eigenvalue weighted by atomic mass is 32.1. The van der Waals surface area contributed by atoms with Gasteiger partial charge in [0.15, 0.2) is 11.5 Å². The van der Waals surface area contributed by atoms with Crippen LogP contribution in [0.15, 0.2) is 29.6 Å². The number of ether oxygens (including phenoxy) is 2. The van der Waals surface area contributed by atoms with Crippen molar-refractivity contribution in [3.63, 3.8) is 0 Å². The Hall–Kier alpha value is -2.65. The van der Waals surface area contributed by atoms with Crippen LogP contribution >= 0.6 is 11.3 Å². The van der Waals surface area contributed by atoms with Gasteiger partial charge in [-0.3, -0.25) is 14.9 Å². The normalized spacial score (nSPS) is 11.9. The average Bonchev–Trinajstić information content (AvgIpc) is 3.14. The van der Waals surface area contributed by atoms with Crippen LogP contribution in [0, 0.1) is 10.1 Å². The lowest BCUT2D eigenvalue weighted by Crippen LogP contribution is -2.34. The summed E-state index contributed by atoms with van der Waals surface area (Å²) in [5.74, 6) is -0.0905. The number of nitro benzene ring substituents is 1. The lowest BCUT2D eigenvalue weighted by molar-refractivity contribution is -0.385. The quantitative estimate of drug-likeness (QED) is 0.560. The first-order chi connectivity index (χ1) is 12.4.